The number of benzene rings is 1. The van der Waals surface area contributed by atoms with Crippen molar-refractivity contribution in [2.45, 2.75) is 12.8 Å². The van der Waals surface area contributed by atoms with E-state index >= 15 is 0 Å². The molecule has 0 spiro atoms. The number of aromatic amines is 1. The van der Waals surface area contributed by atoms with Crippen LogP contribution in [0.1, 0.15) is 24.2 Å². The van der Waals surface area contributed by atoms with Crippen molar-refractivity contribution in [2.75, 3.05) is 19.0 Å². The molecule has 1 aromatic carbocycles. The van der Waals surface area contributed by atoms with Gasteiger partial charge in [-0.2, -0.15) is 4.98 Å². The van der Waals surface area contributed by atoms with E-state index in [0.29, 0.717) is 11.8 Å². The molecule has 6 nitrogen and oxygen atoms in total. The number of rotatable bonds is 3. The molecule has 0 saturated carbocycles. The normalized spacial score (nSPS) is 12.7. The fraction of sp³-hybridized carbons (Fsp3) is 0.267. The molecule has 0 fully saturated rings. The second-order valence-corrected chi connectivity index (χ2v) is 5.24. The highest BCUT2D eigenvalue weighted by atomic mass is 16.4. The van der Waals surface area contributed by atoms with Gasteiger partial charge >= 0.3 is 0 Å². The van der Waals surface area contributed by atoms with Crippen molar-refractivity contribution in [1.29, 1.82) is 0 Å². The molecule has 1 atom stereocenters. The van der Waals surface area contributed by atoms with Gasteiger partial charge in [0.2, 0.25) is 0 Å². The smallest absolute Gasteiger partial charge is 0.300 e. The number of fused-ring (bicyclic) bond motifs is 1. The summed E-state index contributed by atoms with van der Waals surface area (Å²) in [7, 11) is 3.58. The van der Waals surface area contributed by atoms with E-state index in [9.17, 15) is 10.2 Å². The lowest BCUT2D eigenvalue weighted by atomic mass is 9.98. The van der Waals surface area contributed by atoms with Gasteiger partial charge in [0, 0.05) is 37.1 Å². The van der Waals surface area contributed by atoms with Crippen LogP contribution in [0.15, 0.2) is 28.8 Å². The number of nitrogens with zero attached hydrogens (tertiary/aromatic N) is 2. The predicted octanol–water partition coefficient (Wildman–Crippen LogP) is 2.78. The summed E-state index contributed by atoms with van der Waals surface area (Å²) in [5, 5.41) is 20.8. The van der Waals surface area contributed by atoms with E-state index in [4.69, 9.17) is 4.42 Å². The summed E-state index contributed by atoms with van der Waals surface area (Å²) in [6, 6.07) is 5.64. The highest BCUT2D eigenvalue weighted by Gasteiger charge is 2.24. The van der Waals surface area contributed by atoms with Crippen LogP contribution < -0.4 is 4.90 Å². The number of hydrogen-bond acceptors (Lipinski definition) is 5. The molecule has 0 aliphatic carbocycles. The molecule has 110 valence electrons. The third-order valence-electron chi connectivity index (χ3n) is 3.58. The second-order valence-electron chi connectivity index (χ2n) is 5.24. The van der Waals surface area contributed by atoms with E-state index in [1.807, 2.05) is 19.2 Å². The van der Waals surface area contributed by atoms with E-state index in [1.165, 1.54) is 0 Å². The lowest BCUT2D eigenvalue weighted by molar-refractivity contribution is 0.420. The third-order valence-corrected chi connectivity index (χ3v) is 3.58. The summed E-state index contributed by atoms with van der Waals surface area (Å²) in [5.41, 5.74) is 1.68. The maximum absolute atomic E-state index is 10.1. The van der Waals surface area contributed by atoms with Gasteiger partial charge in [0.05, 0.1) is 0 Å². The monoisotopic (exact) mass is 287 g/mol. The van der Waals surface area contributed by atoms with Gasteiger partial charge in [0.15, 0.2) is 5.76 Å². The minimum absolute atomic E-state index is 0.129. The SMILES string of the molecule is CC(c1oc(N(C)C)nc1O)c1c[nH]c2cccc(O)c12. The van der Waals surface area contributed by atoms with Crippen LogP contribution in [0.3, 0.4) is 0 Å². The molecule has 0 aliphatic rings. The molecule has 3 rings (SSSR count). The molecule has 0 radical (unpaired) electrons. The molecule has 2 heterocycles. The van der Waals surface area contributed by atoms with Gasteiger partial charge in [0.1, 0.15) is 5.75 Å². The zero-order chi connectivity index (χ0) is 15.1. The van der Waals surface area contributed by atoms with E-state index in [0.717, 1.165) is 16.5 Å². The number of phenols is 1. The van der Waals surface area contributed by atoms with Gasteiger partial charge in [-0.05, 0) is 17.7 Å². The summed E-state index contributed by atoms with van der Waals surface area (Å²) >= 11 is 0. The average Bonchev–Trinajstić information content (AvgIpc) is 3.02. The Morgan fingerprint density at radius 2 is 2.05 bits per heavy atom. The fourth-order valence-corrected chi connectivity index (χ4v) is 2.46. The third kappa shape index (κ3) is 2.08. The topological polar surface area (TPSA) is 85.5 Å². The van der Waals surface area contributed by atoms with Crippen molar-refractivity contribution in [1.82, 2.24) is 9.97 Å². The average molecular weight is 287 g/mol. The van der Waals surface area contributed by atoms with Crippen LogP contribution in [0, 0.1) is 0 Å². The number of nitrogens with one attached hydrogen (secondary N) is 1. The summed E-state index contributed by atoms with van der Waals surface area (Å²) in [6.07, 6.45) is 1.81. The standard InChI is InChI=1S/C15H17N3O3/c1-8(13-14(20)17-15(21-13)18(2)3)9-7-16-10-5-4-6-11(19)12(9)10/h4-8,16,19-20H,1-3H3. The number of hydrogen-bond donors (Lipinski definition) is 3. The van der Waals surface area contributed by atoms with Gasteiger partial charge < -0.3 is 24.5 Å². The highest BCUT2D eigenvalue weighted by molar-refractivity contribution is 5.89. The number of H-pyrrole nitrogens is 1. The number of aromatic hydroxyl groups is 2. The van der Waals surface area contributed by atoms with Crippen molar-refractivity contribution in [3.63, 3.8) is 0 Å². The Morgan fingerprint density at radius 1 is 1.29 bits per heavy atom. The largest absolute Gasteiger partial charge is 0.507 e. The first-order chi connectivity index (χ1) is 9.99. The first-order valence-corrected chi connectivity index (χ1v) is 6.65. The van der Waals surface area contributed by atoms with Gasteiger partial charge in [-0.3, -0.25) is 0 Å². The Kier molecular flexibility index (Phi) is 3.01. The minimum Gasteiger partial charge on any atom is -0.507 e. The van der Waals surface area contributed by atoms with Crippen molar-refractivity contribution < 1.29 is 14.6 Å². The van der Waals surface area contributed by atoms with Crippen LogP contribution in [0.2, 0.25) is 0 Å². The van der Waals surface area contributed by atoms with Gasteiger partial charge in [0.25, 0.3) is 11.9 Å². The van der Waals surface area contributed by atoms with E-state index in [1.54, 1.807) is 31.1 Å². The molecule has 3 aromatic rings. The lowest BCUT2D eigenvalue weighted by Crippen LogP contribution is -2.08. The van der Waals surface area contributed by atoms with Crippen LogP contribution in [-0.2, 0) is 0 Å². The molecule has 0 bridgehead atoms. The van der Waals surface area contributed by atoms with Crippen molar-refractivity contribution >= 4 is 16.9 Å². The zero-order valence-corrected chi connectivity index (χ0v) is 12.1. The molecule has 21 heavy (non-hydrogen) atoms. The number of oxazole rings is 1. The molecule has 2 aromatic heterocycles. The second kappa shape index (κ2) is 4.73. The zero-order valence-electron chi connectivity index (χ0n) is 12.1. The van der Waals surface area contributed by atoms with E-state index in [-0.39, 0.29) is 17.5 Å². The summed E-state index contributed by atoms with van der Waals surface area (Å²) < 4.78 is 5.62. The summed E-state index contributed by atoms with van der Waals surface area (Å²) in [5.74, 6) is 0.203. The van der Waals surface area contributed by atoms with Crippen LogP contribution in [0.5, 0.6) is 11.6 Å². The Hall–Kier alpha value is -2.63. The van der Waals surface area contributed by atoms with Crippen LogP contribution in [0.25, 0.3) is 10.9 Å². The lowest BCUT2D eigenvalue weighted by Gasteiger charge is -2.09. The Labute approximate surface area is 121 Å². The number of phenolic OH excluding ortho intramolecular Hbond substituents is 1. The van der Waals surface area contributed by atoms with Crippen molar-refractivity contribution in [2.24, 2.45) is 0 Å². The van der Waals surface area contributed by atoms with Crippen molar-refractivity contribution in [3.8, 4) is 11.6 Å². The summed E-state index contributed by atoms with van der Waals surface area (Å²) in [4.78, 5) is 8.78. The molecular formula is C15H17N3O3. The molecule has 3 N–H and O–H groups in total. The van der Waals surface area contributed by atoms with E-state index in [2.05, 4.69) is 9.97 Å². The number of aromatic nitrogens is 2. The van der Waals surface area contributed by atoms with E-state index < -0.39 is 0 Å². The number of anilines is 1. The molecule has 0 saturated heterocycles. The highest BCUT2D eigenvalue weighted by Crippen LogP contribution is 2.39. The Balaban J connectivity index is 2.10. The molecule has 0 aliphatic heterocycles. The Morgan fingerprint density at radius 3 is 2.71 bits per heavy atom. The maximum Gasteiger partial charge on any atom is 0.300 e. The Bertz CT molecular complexity index is 789. The van der Waals surface area contributed by atoms with Crippen LogP contribution in [0.4, 0.5) is 6.01 Å². The van der Waals surface area contributed by atoms with Gasteiger partial charge in [-0.25, -0.2) is 0 Å². The molecule has 1 unspecified atom stereocenters. The first-order valence-electron chi connectivity index (χ1n) is 6.65. The van der Waals surface area contributed by atoms with Crippen LogP contribution in [-0.4, -0.2) is 34.3 Å². The fourth-order valence-electron chi connectivity index (χ4n) is 2.46. The summed E-state index contributed by atoms with van der Waals surface area (Å²) in [6.45, 7) is 1.90. The molecule has 6 heteroatoms. The first kappa shape index (κ1) is 13.4. The maximum atomic E-state index is 10.1. The van der Waals surface area contributed by atoms with Gasteiger partial charge in [-0.15, -0.1) is 0 Å². The quantitative estimate of drug-likeness (QED) is 0.689. The minimum atomic E-state index is -0.242. The molecular weight excluding hydrogens is 270 g/mol. The van der Waals surface area contributed by atoms with Crippen LogP contribution >= 0.6 is 0 Å². The van der Waals surface area contributed by atoms with Gasteiger partial charge in [-0.1, -0.05) is 13.0 Å². The van der Waals surface area contributed by atoms with Crippen molar-refractivity contribution in [3.05, 3.63) is 35.7 Å². The molecule has 0 amide bonds. The predicted molar refractivity (Wildman–Crippen MR) is 80.0 cm³/mol.